The van der Waals surface area contributed by atoms with E-state index in [0.717, 1.165) is 0 Å². The highest BCUT2D eigenvalue weighted by Gasteiger charge is 2.31. The zero-order chi connectivity index (χ0) is 36.9. The highest BCUT2D eigenvalue weighted by molar-refractivity contribution is 5.95. The second-order valence-corrected chi connectivity index (χ2v) is 11.0. The zero-order valence-corrected chi connectivity index (χ0v) is 27.0. The molecule has 0 saturated carbocycles. The van der Waals surface area contributed by atoms with Gasteiger partial charge in [-0.05, 0) is 37.7 Å². The number of aliphatic carboxylic acids is 1. The van der Waals surface area contributed by atoms with Crippen LogP contribution in [0.2, 0.25) is 0 Å². The van der Waals surface area contributed by atoms with Crippen LogP contribution in [-0.4, -0.2) is 108 Å². The van der Waals surface area contributed by atoms with Gasteiger partial charge in [0.25, 0.3) is 0 Å². The first kappa shape index (κ1) is 41.5. The van der Waals surface area contributed by atoms with E-state index >= 15 is 0 Å². The molecule has 1 aromatic carbocycles. The molecule has 0 aliphatic heterocycles. The molecule has 0 aliphatic carbocycles. The van der Waals surface area contributed by atoms with Crippen LogP contribution in [0.1, 0.15) is 44.1 Å². The van der Waals surface area contributed by atoms with Crippen LogP contribution >= 0.6 is 0 Å². The fourth-order valence-electron chi connectivity index (χ4n) is 4.31. The van der Waals surface area contributed by atoms with Crippen molar-refractivity contribution in [1.82, 2.24) is 21.3 Å². The Morgan fingerprint density at radius 3 is 1.63 bits per heavy atom. The predicted octanol–water partition coefficient (Wildman–Crippen LogP) is -5.05. The van der Waals surface area contributed by atoms with Crippen molar-refractivity contribution in [3.63, 3.8) is 0 Å². The van der Waals surface area contributed by atoms with Gasteiger partial charge in [0.05, 0.1) is 12.6 Å². The minimum Gasteiger partial charge on any atom is -0.480 e. The molecule has 272 valence electrons. The maximum Gasteiger partial charge on any atom is 0.326 e. The van der Waals surface area contributed by atoms with Gasteiger partial charge < -0.3 is 65.9 Å². The zero-order valence-electron chi connectivity index (χ0n) is 27.0. The molecule has 1 aromatic rings. The van der Waals surface area contributed by atoms with Crippen molar-refractivity contribution in [2.45, 2.75) is 75.2 Å². The summed E-state index contributed by atoms with van der Waals surface area (Å²) >= 11 is 0. The number of hydrogen-bond donors (Lipinski definition) is 12. The standard InChI is InChI=1S/C29H48N12O8/c30-17(10-11-22(31)43)23(44)38-18(8-4-12-36-28(32)33)24(45)40-20(14-16-6-2-1-3-7-16)25(46)41-21(15-42)26(47)39-19(27(48)49)9-5-13-37-29(34)35/h1-3,6-7,17-21,42H,4-5,8-15,30H2,(H2,31,43)(H,38,44)(H,39,47)(H,40,45)(H,41,46)(H,48,49)(H4,32,33,36)(H4,34,35,37)/t17-,18-,19-,20-,21+/m0/s1. The summed E-state index contributed by atoms with van der Waals surface area (Å²) in [7, 11) is 0. The summed E-state index contributed by atoms with van der Waals surface area (Å²) in [4.78, 5) is 83.3. The molecule has 20 heteroatoms. The fourth-order valence-corrected chi connectivity index (χ4v) is 4.31. The number of nitrogens with two attached hydrogens (primary N) is 6. The summed E-state index contributed by atoms with van der Waals surface area (Å²) in [6, 6.07) is 1.80. The summed E-state index contributed by atoms with van der Waals surface area (Å²) in [5.74, 6) is -5.83. The lowest BCUT2D eigenvalue weighted by atomic mass is 10.0. The largest absolute Gasteiger partial charge is 0.480 e. The second kappa shape index (κ2) is 22.1. The van der Waals surface area contributed by atoms with Crippen molar-refractivity contribution in [3.8, 4) is 0 Å². The molecule has 0 radical (unpaired) electrons. The Balaban J connectivity index is 3.18. The lowest BCUT2D eigenvalue weighted by Crippen LogP contribution is -2.59. The Labute approximate surface area is 282 Å². The molecule has 0 saturated heterocycles. The average molecular weight is 693 g/mol. The fraction of sp³-hybridized carbons (Fsp3) is 0.517. The molecule has 49 heavy (non-hydrogen) atoms. The van der Waals surface area contributed by atoms with Crippen LogP contribution in [0.15, 0.2) is 40.3 Å². The van der Waals surface area contributed by atoms with Crippen LogP contribution in [0.25, 0.3) is 0 Å². The van der Waals surface area contributed by atoms with Gasteiger partial charge >= 0.3 is 5.97 Å². The summed E-state index contributed by atoms with van der Waals surface area (Å²) < 4.78 is 0. The van der Waals surface area contributed by atoms with Crippen molar-refractivity contribution in [2.75, 3.05) is 19.7 Å². The molecule has 20 nitrogen and oxygen atoms in total. The number of aliphatic imine (C=N–C) groups is 2. The van der Waals surface area contributed by atoms with Gasteiger partial charge in [-0.2, -0.15) is 0 Å². The van der Waals surface area contributed by atoms with E-state index in [-0.39, 0.29) is 70.0 Å². The van der Waals surface area contributed by atoms with Crippen LogP contribution in [0.3, 0.4) is 0 Å². The molecule has 0 spiro atoms. The lowest BCUT2D eigenvalue weighted by molar-refractivity contribution is -0.142. The predicted molar refractivity (Wildman–Crippen MR) is 179 cm³/mol. The maximum atomic E-state index is 13.6. The number of aliphatic hydroxyl groups excluding tert-OH is 1. The Morgan fingerprint density at radius 1 is 0.653 bits per heavy atom. The number of carboxylic acid groups (broad SMARTS) is 1. The molecule has 0 unspecified atom stereocenters. The van der Waals surface area contributed by atoms with Gasteiger partial charge in [0.1, 0.15) is 24.2 Å². The smallest absolute Gasteiger partial charge is 0.326 e. The van der Waals surface area contributed by atoms with Gasteiger partial charge in [0.2, 0.25) is 29.5 Å². The van der Waals surface area contributed by atoms with Crippen LogP contribution in [-0.2, 0) is 35.2 Å². The Bertz CT molecular complexity index is 1320. The first-order valence-corrected chi connectivity index (χ1v) is 15.4. The highest BCUT2D eigenvalue weighted by atomic mass is 16.4. The number of carbonyl (C=O) groups is 6. The molecule has 0 aromatic heterocycles. The van der Waals surface area contributed by atoms with Gasteiger partial charge in [-0.1, -0.05) is 30.3 Å². The van der Waals surface area contributed by atoms with E-state index in [1.807, 2.05) is 0 Å². The van der Waals surface area contributed by atoms with Gasteiger partial charge in [-0.25, -0.2) is 4.79 Å². The quantitative estimate of drug-likeness (QED) is 0.0290. The van der Waals surface area contributed by atoms with Crippen molar-refractivity contribution in [3.05, 3.63) is 35.9 Å². The summed E-state index contributed by atoms with van der Waals surface area (Å²) in [5, 5.41) is 29.2. The van der Waals surface area contributed by atoms with E-state index < -0.39 is 72.3 Å². The number of nitrogens with zero attached hydrogens (tertiary/aromatic N) is 2. The number of nitrogens with one attached hydrogen (secondary N) is 4. The van der Waals surface area contributed by atoms with E-state index in [9.17, 15) is 39.0 Å². The minimum atomic E-state index is -1.60. The first-order chi connectivity index (χ1) is 23.1. The number of benzene rings is 1. The SMILES string of the molecule is NC(=O)CC[C@H](N)C(=O)N[C@@H](CCCN=C(N)N)C(=O)N[C@@H](Cc1ccccc1)C(=O)N[C@H](CO)C(=O)N[C@@H](CCCN=C(N)N)C(=O)O. The Hall–Kier alpha value is -5.50. The van der Waals surface area contributed by atoms with E-state index in [1.54, 1.807) is 30.3 Å². The molecule has 5 amide bonds. The van der Waals surface area contributed by atoms with Crippen molar-refractivity contribution >= 4 is 47.4 Å². The molecule has 18 N–H and O–H groups in total. The van der Waals surface area contributed by atoms with Crippen LogP contribution < -0.4 is 55.7 Å². The Morgan fingerprint density at radius 2 is 1.12 bits per heavy atom. The van der Waals surface area contributed by atoms with Gasteiger partial charge in [-0.3, -0.25) is 34.0 Å². The summed E-state index contributed by atoms with van der Waals surface area (Å²) in [6.07, 6.45) is 0.0683. The number of hydrogen-bond acceptors (Lipinski definition) is 10. The van der Waals surface area contributed by atoms with Crippen LogP contribution in [0, 0.1) is 0 Å². The number of guanidine groups is 2. The summed E-state index contributed by atoms with van der Waals surface area (Å²) in [6.45, 7) is -0.683. The molecule has 0 heterocycles. The van der Waals surface area contributed by atoms with E-state index in [0.29, 0.717) is 5.56 Å². The maximum absolute atomic E-state index is 13.6. The van der Waals surface area contributed by atoms with Crippen LogP contribution in [0.4, 0.5) is 0 Å². The van der Waals surface area contributed by atoms with E-state index in [2.05, 4.69) is 31.3 Å². The topological polar surface area (TPSA) is 372 Å². The van der Waals surface area contributed by atoms with Crippen molar-refractivity contribution < 1.29 is 39.0 Å². The second-order valence-electron chi connectivity index (χ2n) is 11.0. The van der Waals surface area contributed by atoms with E-state index in [4.69, 9.17) is 34.4 Å². The summed E-state index contributed by atoms with van der Waals surface area (Å²) in [5.41, 5.74) is 32.9. The molecule has 1 rings (SSSR count). The van der Waals surface area contributed by atoms with Gasteiger partial charge in [0, 0.05) is 25.9 Å². The molecule has 5 atom stereocenters. The average Bonchev–Trinajstić information content (AvgIpc) is 3.04. The first-order valence-electron chi connectivity index (χ1n) is 15.4. The number of carbonyl (C=O) groups excluding carboxylic acids is 5. The normalized spacial score (nSPS) is 13.7. The molecular weight excluding hydrogens is 644 g/mol. The van der Waals surface area contributed by atoms with Crippen molar-refractivity contribution in [2.24, 2.45) is 44.4 Å². The third-order valence-corrected chi connectivity index (χ3v) is 6.91. The van der Waals surface area contributed by atoms with Crippen LogP contribution in [0.5, 0.6) is 0 Å². The number of primary amides is 1. The highest BCUT2D eigenvalue weighted by Crippen LogP contribution is 2.08. The van der Waals surface area contributed by atoms with Crippen molar-refractivity contribution in [1.29, 1.82) is 0 Å². The molecule has 0 bridgehead atoms. The van der Waals surface area contributed by atoms with Gasteiger partial charge in [-0.15, -0.1) is 0 Å². The number of rotatable bonds is 23. The third-order valence-electron chi connectivity index (χ3n) is 6.91. The number of aliphatic hydroxyl groups is 1. The molecule has 0 aliphatic rings. The van der Waals surface area contributed by atoms with Gasteiger partial charge in [0.15, 0.2) is 11.9 Å². The number of amides is 5. The Kier molecular flexibility index (Phi) is 18.8. The molecule has 0 fully saturated rings. The monoisotopic (exact) mass is 692 g/mol. The lowest BCUT2D eigenvalue weighted by Gasteiger charge is -2.26. The third kappa shape index (κ3) is 17.3. The minimum absolute atomic E-state index is 0.0119. The molecular formula is C29H48N12O8. The number of carboxylic acids is 1. The van der Waals surface area contributed by atoms with E-state index in [1.165, 1.54) is 0 Å².